The van der Waals surface area contributed by atoms with E-state index in [0.717, 1.165) is 0 Å². The fraction of sp³-hybridized carbons (Fsp3) is 0.467. The molecule has 0 amide bonds. The van der Waals surface area contributed by atoms with Gasteiger partial charge in [0, 0.05) is 4.79 Å². The van der Waals surface area contributed by atoms with E-state index in [9.17, 15) is 0 Å². The van der Waals surface area contributed by atoms with Crippen LogP contribution in [0.5, 0.6) is 0 Å². The Labute approximate surface area is 114 Å². The molecule has 0 aromatic heterocycles. The summed E-state index contributed by atoms with van der Waals surface area (Å²) in [6.45, 7) is 18.1. The van der Waals surface area contributed by atoms with Crippen LogP contribution in [0.3, 0.4) is 0 Å². The quantitative estimate of drug-likeness (QED) is 0.819. The van der Waals surface area contributed by atoms with Crippen molar-refractivity contribution in [1.29, 1.82) is 0 Å². The minimum Gasteiger partial charge on any atom is -0.326 e. The van der Waals surface area contributed by atoms with Gasteiger partial charge >= 0.3 is 0 Å². The van der Waals surface area contributed by atoms with Gasteiger partial charge in [0.15, 0.2) is 0 Å². The summed E-state index contributed by atoms with van der Waals surface area (Å²) in [6, 6.07) is 8.62. The van der Waals surface area contributed by atoms with E-state index in [4.69, 9.17) is 5.73 Å². The minimum atomic E-state index is -1.52. The molecule has 18 heavy (non-hydrogen) atoms. The molecule has 0 aliphatic rings. The first-order chi connectivity index (χ1) is 8.04. The Hall–Kier alpha value is -0.646. The molecule has 0 aliphatic carbocycles. The third-order valence-corrected chi connectivity index (χ3v) is 13.8. The van der Waals surface area contributed by atoms with Crippen molar-refractivity contribution >= 4 is 22.2 Å². The van der Waals surface area contributed by atoms with E-state index in [0.29, 0.717) is 0 Å². The van der Waals surface area contributed by atoms with Crippen molar-refractivity contribution in [3.05, 3.63) is 42.0 Å². The predicted octanol–water partition coefficient (Wildman–Crippen LogP) is 4.24. The number of hydrogen-bond donors (Lipinski definition) is 1. The molecule has 0 aliphatic heterocycles. The Kier molecular flexibility index (Phi) is 4.11. The van der Waals surface area contributed by atoms with Crippen LogP contribution in [0.1, 0.15) is 11.1 Å². The highest BCUT2D eigenvalue weighted by atomic mass is 28.4. The van der Waals surface area contributed by atoms with Gasteiger partial charge < -0.3 is 5.73 Å². The molecule has 0 atom stereocenters. The van der Waals surface area contributed by atoms with Crippen LogP contribution < -0.4 is 5.73 Å². The second-order valence-corrected chi connectivity index (χ2v) is 18.2. The van der Waals surface area contributed by atoms with Crippen molar-refractivity contribution in [2.75, 3.05) is 0 Å². The van der Waals surface area contributed by atoms with E-state index in [2.05, 4.69) is 70.1 Å². The standard InChI is InChI=1S/C15H27NSi2/c1-8-13-10-9-11-14(12-13)15(16,17(2,3)4)18(5,6)7/h8-12H,1,16H2,2-7H3. The molecule has 0 saturated carbocycles. The fourth-order valence-corrected chi connectivity index (χ4v) is 13.9. The maximum atomic E-state index is 6.99. The summed E-state index contributed by atoms with van der Waals surface area (Å²) in [7, 11) is -3.04. The van der Waals surface area contributed by atoms with Gasteiger partial charge in [-0.25, -0.2) is 0 Å². The zero-order chi connectivity index (χ0) is 14.2. The summed E-state index contributed by atoms with van der Waals surface area (Å²) < 4.78 is 0. The predicted molar refractivity (Wildman–Crippen MR) is 89.1 cm³/mol. The molecule has 3 heteroatoms. The Balaban J connectivity index is 3.50. The number of benzene rings is 1. The molecule has 0 heterocycles. The van der Waals surface area contributed by atoms with E-state index in [-0.39, 0.29) is 4.79 Å². The summed E-state index contributed by atoms with van der Waals surface area (Å²) in [4.78, 5) is -0.112. The Morgan fingerprint density at radius 2 is 1.56 bits per heavy atom. The van der Waals surface area contributed by atoms with Gasteiger partial charge in [-0.1, -0.05) is 76.2 Å². The Morgan fingerprint density at radius 3 is 1.94 bits per heavy atom. The lowest BCUT2D eigenvalue weighted by Crippen LogP contribution is -2.69. The molecule has 100 valence electrons. The van der Waals surface area contributed by atoms with Gasteiger partial charge in [0.25, 0.3) is 0 Å². The molecule has 0 bridgehead atoms. The Bertz CT molecular complexity index is 425. The van der Waals surface area contributed by atoms with E-state index >= 15 is 0 Å². The number of hydrogen-bond acceptors (Lipinski definition) is 1. The molecule has 0 saturated heterocycles. The highest BCUT2D eigenvalue weighted by Gasteiger charge is 2.50. The number of rotatable bonds is 4. The van der Waals surface area contributed by atoms with Crippen molar-refractivity contribution in [2.24, 2.45) is 5.73 Å². The number of nitrogens with two attached hydrogens (primary N) is 1. The SMILES string of the molecule is C=Cc1cccc(C(N)([Si](C)(C)C)[Si](C)(C)C)c1. The lowest BCUT2D eigenvalue weighted by molar-refractivity contribution is 0.812. The fourth-order valence-electron chi connectivity index (χ4n) is 2.90. The summed E-state index contributed by atoms with van der Waals surface area (Å²) in [6.07, 6.45) is 1.90. The smallest absolute Gasteiger partial charge is 0.0689 e. The van der Waals surface area contributed by atoms with Crippen LogP contribution in [0.2, 0.25) is 39.3 Å². The second-order valence-electron chi connectivity index (χ2n) is 7.14. The molecular formula is C15H27NSi2. The first-order valence-electron chi connectivity index (χ1n) is 6.56. The topological polar surface area (TPSA) is 26.0 Å². The third kappa shape index (κ3) is 2.53. The first kappa shape index (κ1) is 15.4. The van der Waals surface area contributed by atoms with Crippen LogP contribution in [0.25, 0.3) is 6.08 Å². The molecule has 1 nitrogen and oxygen atoms in total. The van der Waals surface area contributed by atoms with Gasteiger partial charge in [0.05, 0.1) is 16.1 Å². The van der Waals surface area contributed by atoms with Gasteiger partial charge in [-0.2, -0.15) is 0 Å². The highest BCUT2D eigenvalue weighted by molar-refractivity contribution is 6.98. The maximum absolute atomic E-state index is 6.99. The zero-order valence-electron chi connectivity index (χ0n) is 12.7. The van der Waals surface area contributed by atoms with Crippen LogP contribution in [-0.4, -0.2) is 16.1 Å². The van der Waals surface area contributed by atoms with E-state index in [1.54, 1.807) is 0 Å². The van der Waals surface area contributed by atoms with Gasteiger partial charge in [0.2, 0.25) is 0 Å². The van der Waals surface area contributed by atoms with Crippen molar-refractivity contribution in [1.82, 2.24) is 0 Å². The van der Waals surface area contributed by atoms with Crippen LogP contribution in [0.4, 0.5) is 0 Å². The molecule has 1 aromatic carbocycles. The van der Waals surface area contributed by atoms with Gasteiger partial charge in [-0.15, -0.1) is 0 Å². The van der Waals surface area contributed by atoms with Gasteiger partial charge in [-0.05, 0) is 11.1 Å². The normalized spacial score (nSPS) is 13.5. The van der Waals surface area contributed by atoms with Crippen LogP contribution in [-0.2, 0) is 4.79 Å². The Morgan fingerprint density at radius 1 is 1.06 bits per heavy atom. The molecule has 1 aromatic rings. The van der Waals surface area contributed by atoms with E-state index in [1.165, 1.54) is 11.1 Å². The largest absolute Gasteiger partial charge is 0.326 e. The average Bonchev–Trinajstić information content (AvgIpc) is 2.25. The molecule has 0 spiro atoms. The van der Waals surface area contributed by atoms with Crippen LogP contribution in [0, 0.1) is 0 Å². The third-order valence-electron chi connectivity index (χ3n) is 3.94. The molecule has 1 rings (SSSR count). The lowest BCUT2D eigenvalue weighted by Gasteiger charge is -2.49. The summed E-state index contributed by atoms with van der Waals surface area (Å²) >= 11 is 0. The average molecular weight is 278 g/mol. The van der Waals surface area contributed by atoms with Crippen molar-refractivity contribution < 1.29 is 0 Å². The zero-order valence-corrected chi connectivity index (χ0v) is 14.7. The van der Waals surface area contributed by atoms with Crippen molar-refractivity contribution in [3.8, 4) is 0 Å². The van der Waals surface area contributed by atoms with Crippen molar-refractivity contribution in [2.45, 2.75) is 44.1 Å². The lowest BCUT2D eigenvalue weighted by atomic mass is 10.1. The van der Waals surface area contributed by atoms with Gasteiger partial charge in [0.1, 0.15) is 0 Å². The van der Waals surface area contributed by atoms with Gasteiger partial charge in [-0.3, -0.25) is 0 Å². The van der Waals surface area contributed by atoms with Crippen molar-refractivity contribution in [3.63, 3.8) is 0 Å². The molecular weight excluding hydrogens is 250 g/mol. The molecule has 2 N–H and O–H groups in total. The summed E-state index contributed by atoms with van der Waals surface area (Å²) in [5.74, 6) is 0. The van der Waals surface area contributed by atoms with E-state index in [1.807, 2.05) is 6.08 Å². The molecule has 0 radical (unpaired) electrons. The summed E-state index contributed by atoms with van der Waals surface area (Å²) in [5.41, 5.74) is 9.46. The minimum absolute atomic E-state index is 0.112. The second kappa shape index (κ2) is 4.80. The van der Waals surface area contributed by atoms with Crippen LogP contribution >= 0.6 is 0 Å². The molecule has 0 unspecified atom stereocenters. The summed E-state index contributed by atoms with van der Waals surface area (Å²) in [5, 5.41) is 0. The highest BCUT2D eigenvalue weighted by Crippen LogP contribution is 2.38. The molecule has 0 fully saturated rings. The monoisotopic (exact) mass is 277 g/mol. The van der Waals surface area contributed by atoms with E-state index < -0.39 is 16.1 Å². The maximum Gasteiger partial charge on any atom is 0.0689 e. The van der Waals surface area contributed by atoms with Crippen LogP contribution in [0.15, 0.2) is 30.8 Å². The first-order valence-corrected chi connectivity index (χ1v) is 13.6.